The number of hydrogen-bond acceptors (Lipinski definition) is 5. The quantitative estimate of drug-likeness (QED) is 0.793. The Labute approximate surface area is 169 Å². The Morgan fingerprint density at radius 2 is 1.79 bits per heavy atom. The van der Waals surface area contributed by atoms with Crippen LogP contribution in [0, 0.1) is 5.92 Å². The number of pyridine rings is 1. The van der Waals surface area contributed by atoms with Crippen LogP contribution in [0.5, 0.6) is 0 Å². The number of thiophene rings is 1. The van der Waals surface area contributed by atoms with Crippen LogP contribution >= 0.6 is 11.3 Å². The van der Waals surface area contributed by atoms with Gasteiger partial charge in [0.05, 0.1) is 4.88 Å². The van der Waals surface area contributed by atoms with Crippen LogP contribution < -0.4 is 0 Å². The molecule has 0 radical (unpaired) electrons. The van der Waals surface area contributed by atoms with Crippen LogP contribution in [0.25, 0.3) is 0 Å². The molecule has 0 spiro atoms. The lowest BCUT2D eigenvalue weighted by atomic mass is 9.95. The lowest BCUT2D eigenvalue weighted by Crippen LogP contribution is -2.51. The summed E-state index contributed by atoms with van der Waals surface area (Å²) in [4.78, 5) is 36.6. The summed E-state index contributed by atoms with van der Waals surface area (Å²) in [6.07, 6.45) is 5.24. The zero-order valence-electron chi connectivity index (χ0n) is 16.0. The molecule has 2 saturated heterocycles. The van der Waals surface area contributed by atoms with Crippen molar-refractivity contribution >= 4 is 23.2 Å². The maximum Gasteiger partial charge on any atom is 0.263 e. The molecule has 2 aliphatic rings. The molecule has 4 heterocycles. The van der Waals surface area contributed by atoms with Gasteiger partial charge >= 0.3 is 0 Å². The van der Waals surface area contributed by atoms with Crippen LogP contribution in [0.1, 0.15) is 28.1 Å². The molecule has 2 aliphatic heterocycles. The van der Waals surface area contributed by atoms with Gasteiger partial charge in [-0.25, -0.2) is 0 Å². The number of rotatable bonds is 4. The zero-order chi connectivity index (χ0) is 19.3. The van der Waals surface area contributed by atoms with Crippen molar-refractivity contribution in [1.82, 2.24) is 19.7 Å². The fourth-order valence-electron chi connectivity index (χ4n) is 4.02. The van der Waals surface area contributed by atoms with Gasteiger partial charge in [-0.15, -0.1) is 11.3 Å². The highest BCUT2D eigenvalue weighted by atomic mass is 32.1. The first-order valence-corrected chi connectivity index (χ1v) is 10.8. The summed E-state index contributed by atoms with van der Waals surface area (Å²) < 4.78 is 0. The summed E-state index contributed by atoms with van der Waals surface area (Å²) in [5.74, 6) is 0.423. The number of piperazine rings is 1. The summed E-state index contributed by atoms with van der Waals surface area (Å²) >= 11 is 1.48. The van der Waals surface area contributed by atoms with Gasteiger partial charge in [0.15, 0.2) is 0 Å². The molecule has 0 unspecified atom stereocenters. The van der Waals surface area contributed by atoms with E-state index < -0.39 is 0 Å². The average Bonchev–Trinajstić information content (AvgIpc) is 3.29. The van der Waals surface area contributed by atoms with Crippen molar-refractivity contribution in [2.24, 2.45) is 5.92 Å². The summed E-state index contributed by atoms with van der Waals surface area (Å²) in [7, 11) is 0. The number of likely N-dealkylation sites (tertiary alicyclic amines) is 1. The van der Waals surface area contributed by atoms with Crippen molar-refractivity contribution < 1.29 is 9.59 Å². The molecule has 148 valence electrons. The SMILES string of the molecule is O=C(c1cccs1)N1CCC(C(=O)N2CCN(Cc3cccnc3)CC2)CC1. The Balaban J connectivity index is 1.23. The molecule has 2 aromatic rings. The molecule has 0 atom stereocenters. The standard InChI is InChI=1S/C21H26N4O2S/c26-20(18-5-8-24(9-6-18)21(27)19-4-2-14-28-19)25-12-10-23(11-13-25)16-17-3-1-7-22-15-17/h1-4,7,14-15,18H,5-6,8-13,16H2. The molecule has 0 aliphatic carbocycles. The topological polar surface area (TPSA) is 56.8 Å². The Hall–Kier alpha value is -2.25. The minimum Gasteiger partial charge on any atom is -0.340 e. The van der Waals surface area contributed by atoms with Crippen molar-refractivity contribution in [2.45, 2.75) is 19.4 Å². The van der Waals surface area contributed by atoms with Crippen LogP contribution in [0.3, 0.4) is 0 Å². The van der Waals surface area contributed by atoms with E-state index >= 15 is 0 Å². The van der Waals surface area contributed by atoms with Gasteiger partial charge in [-0.05, 0) is 35.9 Å². The van der Waals surface area contributed by atoms with Gasteiger partial charge in [-0.1, -0.05) is 12.1 Å². The molecule has 0 bridgehead atoms. The highest BCUT2D eigenvalue weighted by molar-refractivity contribution is 7.12. The molecule has 7 heteroatoms. The van der Waals surface area contributed by atoms with E-state index in [1.165, 1.54) is 16.9 Å². The molecule has 2 aromatic heterocycles. The van der Waals surface area contributed by atoms with Crippen molar-refractivity contribution in [3.63, 3.8) is 0 Å². The summed E-state index contributed by atoms with van der Waals surface area (Å²) in [5.41, 5.74) is 1.21. The number of carbonyl (C=O) groups excluding carboxylic acids is 2. The van der Waals surface area contributed by atoms with Crippen molar-refractivity contribution in [3.8, 4) is 0 Å². The fourth-order valence-corrected chi connectivity index (χ4v) is 4.71. The third-order valence-corrected chi connectivity index (χ3v) is 6.53. The minimum atomic E-state index is 0.0530. The van der Waals surface area contributed by atoms with E-state index in [1.54, 1.807) is 6.20 Å². The van der Waals surface area contributed by atoms with Crippen LogP contribution in [-0.2, 0) is 11.3 Å². The van der Waals surface area contributed by atoms with Gasteiger partial charge < -0.3 is 9.80 Å². The molecule has 4 rings (SSSR count). The zero-order valence-corrected chi connectivity index (χ0v) is 16.8. The lowest BCUT2D eigenvalue weighted by Gasteiger charge is -2.38. The maximum absolute atomic E-state index is 12.9. The molecular weight excluding hydrogens is 372 g/mol. The largest absolute Gasteiger partial charge is 0.340 e. The average molecular weight is 399 g/mol. The third-order valence-electron chi connectivity index (χ3n) is 5.68. The second-order valence-corrected chi connectivity index (χ2v) is 8.45. The molecule has 0 N–H and O–H groups in total. The van der Waals surface area contributed by atoms with Gasteiger partial charge in [0.1, 0.15) is 0 Å². The van der Waals surface area contributed by atoms with E-state index in [9.17, 15) is 9.59 Å². The molecular formula is C21H26N4O2S. The molecule has 6 nitrogen and oxygen atoms in total. The van der Waals surface area contributed by atoms with Crippen LogP contribution in [-0.4, -0.2) is 70.8 Å². The molecule has 0 aromatic carbocycles. The number of aromatic nitrogens is 1. The smallest absolute Gasteiger partial charge is 0.263 e. The van der Waals surface area contributed by atoms with Crippen molar-refractivity contribution in [3.05, 3.63) is 52.5 Å². The highest BCUT2D eigenvalue weighted by Gasteiger charge is 2.32. The minimum absolute atomic E-state index is 0.0530. The molecule has 2 amide bonds. The van der Waals surface area contributed by atoms with Gasteiger partial charge in [0, 0.05) is 64.1 Å². The number of hydrogen-bond donors (Lipinski definition) is 0. The first-order chi connectivity index (χ1) is 13.7. The maximum atomic E-state index is 12.9. The Bertz CT molecular complexity index is 780. The monoisotopic (exact) mass is 398 g/mol. The van der Waals surface area contributed by atoms with Gasteiger partial charge in [-0.2, -0.15) is 0 Å². The first-order valence-electron chi connectivity index (χ1n) is 9.93. The second kappa shape index (κ2) is 8.84. The van der Waals surface area contributed by atoms with E-state index in [0.717, 1.165) is 50.4 Å². The summed E-state index contributed by atoms with van der Waals surface area (Å²) in [5, 5.41) is 1.93. The first kappa shape index (κ1) is 19.1. The molecule has 0 saturated carbocycles. The van der Waals surface area contributed by atoms with E-state index in [-0.39, 0.29) is 17.7 Å². The van der Waals surface area contributed by atoms with Crippen LogP contribution in [0.2, 0.25) is 0 Å². The second-order valence-electron chi connectivity index (χ2n) is 7.51. The predicted molar refractivity (Wildman–Crippen MR) is 109 cm³/mol. The van der Waals surface area contributed by atoms with Gasteiger partial charge in [0.25, 0.3) is 5.91 Å². The summed E-state index contributed by atoms with van der Waals surface area (Å²) in [6.45, 7) is 5.61. The Morgan fingerprint density at radius 3 is 2.43 bits per heavy atom. The third kappa shape index (κ3) is 4.42. The van der Waals surface area contributed by atoms with Crippen LogP contribution in [0.15, 0.2) is 42.0 Å². The van der Waals surface area contributed by atoms with E-state index in [2.05, 4.69) is 16.0 Å². The molecule has 2 fully saturated rings. The highest BCUT2D eigenvalue weighted by Crippen LogP contribution is 2.23. The normalized spacial score (nSPS) is 19.0. The van der Waals surface area contributed by atoms with E-state index in [4.69, 9.17) is 0 Å². The van der Waals surface area contributed by atoms with Gasteiger partial charge in [0.2, 0.25) is 5.91 Å². The number of piperidine rings is 1. The predicted octanol–water partition coefficient (Wildman–Crippen LogP) is 2.34. The van der Waals surface area contributed by atoms with Gasteiger partial charge in [-0.3, -0.25) is 19.5 Å². The van der Waals surface area contributed by atoms with E-state index in [0.29, 0.717) is 13.1 Å². The molecule has 28 heavy (non-hydrogen) atoms. The lowest BCUT2D eigenvalue weighted by molar-refractivity contribution is -0.138. The van der Waals surface area contributed by atoms with E-state index in [1.807, 2.05) is 39.6 Å². The Morgan fingerprint density at radius 1 is 1.00 bits per heavy atom. The number of amides is 2. The van der Waals surface area contributed by atoms with Crippen molar-refractivity contribution in [1.29, 1.82) is 0 Å². The number of nitrogens with zero attached hydrogens (tertiary/aromatic N) is 4. The van der Waals surface area contributed by atoms with Crippen LogP contribution in [0.4, 0.5) is 0 Å². The Kier molecular flexibility index (Phi) is 6.02. The fraction of sp³-hybridized carbons (Fsp3) is 0.476. The van der Waals surface area contributed by atoms with Crippen molar-refractivity contribution in [2.75, 3.05) is 39.3 Å². The number of carbonyl (C=O) groups is 2. The summed E-state index contributed by atoms with van der Waals surface area (Å²) in [6, 6.07) is 7.83.